The van der Waals surface area contributed by atoms with Gasteiger partial charge < -0.3 is 21.5 Å². The van der Waals surface area contributed by atoms with Crippen molar-refractivity contribution in [1.82, 2.24) is 28.7 Å². The van der Waals surface area contributed by atoms with Crippen LogP contribution in [0.5, 0.6) is 0 Å². The van der Waals surface area contributed by atoms with Gasteiger partial charge in [-0.15, -0.1) is 0 Å². The fraction of sp³-hybridized carbons (Fsp3) is 0.333. The first-order valence-electron chi connectivity index (χ1n) is 11.8. The molecule has 4 rings (SSSR count). The molecule has 0 bridgehead atoms. The molecule has 1 aromatic carbocycles. The van der Waals surface area contributed by atoms with Gasteiger partial charge in [0.1, 0.15) is 34.5 Å². The highest BCUT2D eigenvalue weighted by Gasteiger charge is 2.37. The summed E-state index contributed by atoms with van der Waals surface area (Å²) in [6.45, 7) is 4.95. The fourth-order valence-electron chi connectivity index (χ4n) is 3.90. The van der Waals surface area contributed by atoms with E-state index >= 15 is 0 Å². The average Bonchev–Trinajstić information content (AvgIpc) is 3.21. The molecule has 0 fully saturated rings. The van der Waals surface area contributed by atoms with Gasteiger partial charge in [-0.1, -0.05) is 18.2 Å². The van der Waals surface area contributed by atoms with Crippen LogP contribution in [0.15, 0.2) is 59.1 Å². The molecule has 0 radical (unpaired) electrons. The van der Waals surface area contributed by atoms with Crippen molar-refractivity contribution in [2.45, 2.75) is 39.1 Å². The van der Waals surface area contributed by atoms with E-state index in [4.69, 9.17) is 16.2 Å². The molecule has 39 heavy (non-hydrogen) atoms. The maximum atomic E-state index is 14.3. The van der Waals surface area contributed by atoms with Gasteiger partial charge in [-0.2, -0.15) is 17.8 Å². The zero-order chi connectivity index (χ0) is 28.7. The Hall–Kier alpha value is -4.40. The molecule has 2 aromatic heterocycles. The molecule has 0 saturated carbocycles. The zero-order valence-corrected chi connectivity index (χ0v) is 22.9. The number of ether oxygens (including phenoxy) is 1. The summed E-state index contributed by atoms with van der Waals surface area (Å²) < 4.78 is 48.5. The molecular weight excluding hydrogens is 529 g/mol. The summed E-state index contributed by atoms with van der Waals surface area (Å²) >= 11 is 0. The summed E-state index contributed by atoms with van der Waals surface area (Å²) in [4.78, 5) is 21.2. The molecule has 0 saturated heterocycles. The second-order valence-corrected chi connectivity index (χ2v) is 11.7. The van der Waals surface area contributed by atoms with Crippen molar-refractivity contribution < 1.29 is 22.3 Å². The van der Waals surface area contributed by atoms with Crippen LogP contribution in [0.1, 0.15) is 38.2 Å². The van der Waals surface area contributed by atoms with Crippen LogP contribution in [-0.4, -0.2) is 63.4 Å². The molecule has 1 aliphatic heterocycles. The van der Waals surface area contributed by atoms with Gasteiger partial charge in [0.15, 0.2) is 11.8 Å². The number of amidine groups is 1. The lowest BCUT2D eigenvalue weighted by atomic mass is 10.2. The van der Waals surface area contributed by atoms with Gasteiger partial charge in [0.25, 0.3) is 0 Å². The first-order valence-corrected chi connectivity index (χ1v) is 13.2. The molecule has 5 N–H and O–H groups in total. The molecule has 1 atom stereocenters. The van der Waals surface area contributed by atoms with E-state index in [9.17, 15) is 17.6 Å². The van der Waals surface area contributed by atoms with E-state index < -0.39 is 28.1 Å². The Labute approximate surface area is 225 Å². The van der Waals surface area contributed by atoms with Crippen LogP contribution < -0.4 is 16.8 Å². The number of amides is 1. The number of nitrogens with one attached hydrogen (secondary N) is 1. The largest absolute Gasteiger partial charge is 0.443 e. The highest BCUT2D eigenvalue weighted by molar-refractivity contribution is 7.87. The number of aliphatic imine (C=N–C) groups is 1. The van der Waals surface area contributed by atoms with Crippen molar-refractivity contribution in [1.29, 1.82) is 0 Å². The van der Waals surface area contributed by atoms with Crippen LogP contribution in [0.2, 0.25) is 0 Å². The summed E-state index contributed by atoms with van der Waals surface area (Å²) in [5.74, 6) is -0.702. The van der Waals surface area contributed by atoms with E-state index in [1.807, 2.05) is 0 Å². The van der Waals surface area contributed by atoms with Crippen LogP contribution >= 0.6 is 0 Å². The minimum atomic E-state index is -4.44. The third-order valence-corrected chi connectivity index (χ3v) is 7.50. The molecule has 3 heterocycles. The quantitative estimate of drug-likeness (QED) is 0.406. The van der Waals surface area contributed by atoms with E-state index in [1.165, 1.54) is 17.8 Å². The minimum absolute atomic E-state index is 0.112. The maximum Gasteiger partial charge on any atom is 0.425 e. The molecule has 3 aromatic rings. The molecule has 1 unspecified atom stereocenters. The summed E-state index contributed by atoms with van der Waals surface area (Å²) in [6, 6.07) is 9.83. The number of hydrogen-bond acceptors (Lipinski definition) is 10. The number of rotatable bonds is 6. The molecule has 0 spiro atoms. The third kappa shape index (κ3) is 5.43. The molecule has 1 amide bonds. The number of halogens is 1. The van der Waals surface area contributed by atoms with Gasteiger partial charge in [-0.05, 0) is 39.0 Å². The smallest absolute Gasteiger partial charge is 0.425 e. The predicted octanol–water partition coefficient (Wildman–Crippen LogP) is 1.75. The van der Waals surface area contributed by atoms with E-state index in [1.54, 1.807) is 57.3 Å². The Morgan fingerprint density at radius 2 is 1.87 bits per heavy atom. The average molecular weight is 560 g/mol. The number of benzene rings is 1. The lowest BCUT2D eigenvalue weighted by Crippen LogP contribution is -2.49. The van der Waals surface area contributed by atoms with Crippen LogP contribution in [-0.2, 0) is 21.5 Å². The molecular formula is C24H30FN9O4S. The Morgan fingerprint density at radius 3 is 2.51 bits per heavy atom. The lowest BCUT2D eigenvalue weighted by molar-refractivity contribution is 0.0415. The second-order valence-electron chi connectivity index (χ2n) is 9.76. The van der Waals surface area contributed by atoms with Gasteiger partial charge in [0.05, 0.1) is 6.54 Å². The van der Waals surface area contributed by atoms with Crippen LogP contribution in [0.4, 0.5) is 9.18 Å². The van der Waals surface area contributed by atoms with Gasteiger partial charge in [0.2, 0.25) is 0 Å². The fourth-order valence-corrected chi connectivity index (χ4v) is 4.92. The van der Waals surface area contributed by atoms with Crippen LogP contribution in [0.25, 0.3) is 11.0 Å². The van der Waals surface area contributed by atoms with Crippen molar-refractivity contribution in [3.63, 3.8) is 0 Å². The van der Waals surface area contributed by atoms with Crippen LogP contribution in [0.3, 0.4) is 0 Å². The van der Waals surface area contributed by atoms with Gasteiger partial charge in [0, 0.05) is 31.2 Å². The van der Waals surface area contributed by atoms with Gasteiger partial charge in [-0.25, -0.2) is 28.1 Å². The van der Waals surface area contributed by atoms with Crippen molar-refractivity contribution >= 4 is 33.2 Å². The summed E-state index contributed by atoms with van der Waals surface area (Å²) in [5.41, 5.74) is 12.7. The van der Waals surface area contributed by atoms with E-state index in [-0.39, 0.29) is 29.7 Å². The van der Waals surface area contributed by atoms with Crippen molar-refractivity contribution in [3.05, 3.63) is 71.2 Å². The van der Waals surface area contributed by atoms with E-state index in [0.717, 1.165) is 11.4 Å². The Kier molecular flexibility index (Phi) is 7.12. The van der Waals surface area contributed by atoms with Crippen LogP contribution in [0, 0.1) is 5.82 Å². The number of carbonyl (C=O) groups is 1. The SMILES string of the molecule is CN(C(=O)OC(C)(C)C)S(=O)(=O)N(C)C1=C(N)NC(c2nn(Cc3ccccc3F)c3ncccc23)N=C1N. The van der Waals surface area contributed by atoms with Gasteiger partial charge >= 0.3 is 16.3 Å². The minimum Gasteiger partial charge on any atom is -0.443 e. The highest BCUT2D eigenvalue weighted by atomic mass is 32.2. The number of nitrogens with zero attached hydrogens (tertiary/aromatic N) is 6. The topological polar surface area (TPSA) is 174 Å². The van der Waals surface area contributed by atoms with Crippen molar-refractivity contribution in [2.24, 2.45) is 16.5 Å². The van der Waals surface area contributed by atoms with Crippen molar-refractivity contribution in [3.8, 4) is 0 Å². The second kappa shape index (κ2) is 10.1. The number of likely N-dealkylation sites (N-methyl/N-ethyl adjacent to an activating group) is 1. The number of aromatic nitrogens is 3. The lowest BCUT2D eigenvalue weighted by Gasteiger charge is -2.32. The number of fused-ring (bicyclic) bond motifs is 1. The third-order valence-electron chi connectivity index (χ3n) is 5.79. The number of pyridine rings is 1. The van der Waals surface area contributed by atoms with E-state index in [0.29, 0.717) is 26.6 Å². The normalized spacial score (nSPS) is 16.1. The van der Waals surface area contributed by atoms with Crippen molar-refractivity contribution in [2.75, 3.05) is 14.1 Å². The first-order chi connectivity index (χ1) is 18.2. The number of carbonyl (C=O) groups excluding carboxylic acids is 1. The number of hydrogen-bond donors (Lipinski definition) is 3. The molecule has 1 aliphatic rings. The Morgan fingerprint density at radius 1 is 1.18 bits per heavy atom. The van der Waals surface area contributed by atoms with Gasteiger partial charge in [-0.3, -0.25) is 0 Å². The standard InChI is InChI=1S/C24H30FN9O4S/c1-24(2,3)38-23(35)33(5)39(36,37)32(4)18-19(26)29-21(30-20(18)27)17-15-10-8-12-28-22(15)34(31-17)13-14-9-6-7-11-16(14)25/h6-12,21,29H,13,26H2,1-5H3,(H2,27,30). The highest BCUT2D eigenvalue weighted by Crippen LogP contribution is 2.28. The molecule has 0 aliphatic carbocycles. The summed E-state index contributed by atoms with van der Waals surface area (Å²) in [6.07, 6.45) is -0.391. The predicted molar refractivity (Wildman–Crippen MR) is 142 cm³/mol. The summed E-state index contributed by atoms with van der Waals surface area (Å²) in [5, 5.41) is 8.15. The Bertz CT molecular complexity index is 1590. The molecule has 13 nitrogen and oxygen atoms in total. The molecule has 15 heteroatoms. The monoisotopic (exact) mass is 559 g/mol. The first kappa shape index (κ1) is 27.6. The van der Waals surface area contributed by atoms with E-state index in [2.05, 4.69) is 20.4 Å². The summed E-state index contributed by atoms with van der Waals surface area (Å²) in [7, 11) is -2.19. The number of nitrogens with two attached hydrogens (primary N) is 2. The maximum absolute atomic E-state index is 14.3. The Balaban J connectivity index is 1.65. The zero-order valence-electron chi connectivity index (χ0n) is 22.1. The molecule has 208 valence electrons.